The molecule has 34 heavy (non-hydrogen) atoms. The lowest BCUT2D eigenvalue weighted by Gasteiger charge is -2.30. The molecule has 3 aromatic heterocycles. The molecule has 1 N–H and O–H groups in total. The van der Waals surface area contributed by atoms with Crippen LogP contribution in [0.3, 0.4) is 0 Å². The molecule has 0 aromatic carbocycles. The second kappa shape index (κ2) is 11.1. The summed E-state index contributed by atoms with van der Waals surface area (Å²) in [4.78, 5) is 25.7. The Morgan fingerprint density at radius 2 is 1.85 bits per heavy atom. The maximum atomic E-state index is 13.8. The van der Waals surface area contributed by atoms with E-state index in [1.54, 1.807) is 49.6 Å². The fraction of sp³-hybridized carbons (Fsp3) is 0.333. The summed E-state index contributed by atoms with van der Waals surface area (Å²) in [6.07, 6.45) is 4.77. The number of nitrogens with one attached hydrogen (secondary N) is 1. The Morgan fingerprint density at radius 1 is 1.06 bits per heavy atom. The summed E-state index contributed by atoms with van der Waals surface area (Å²) in [7, 11) is -2.72. The van der Waals surface area contributed by atoms with Crippen LogP contribution in [0, 0.1) is 0 Å². The zero-order valence-corrected chi connectivity index (χ0v) is 20.5. The average Bonchev–Trinajstić information content (AvgIpc) is 2.86. The SMILES string of the molecule is CCC(C(=O)NCc1ccccn1)N(c1ccc(OC)nc1)S(=O)(=O)c1ccc(C(C)C)cn1. The fourth-order valence-corrected chi connectivity index (χ4v) is 4.95. The highest BCUT2D eigenvalue weighted by Gasteiger charge is 2.36. The van der Waals surface area contributed by atoms with Crippen molar-refractivity contribution in [2.24, 2.45) is 0 Å². The maximum absolute atomic E-state index is 13.8. The minimum absolute atomic E-state index is 0.149. The zero-order chi connectivity index (χ0) is 24.7. The summed E-state index contributed by atoms with van der Waals surface area (Å²) >= 11 is 0. The molecular weight excluding hydrogens is 454 g/mol. The van der Waals surface area contributed by atoms with Crippen LogP contribution in [0.2, 0.25) is 0 Å². The zero-order valence-electron chi connectivity index (χ0n) is 19.7. The van der Waals surface area contributed by atoms with E-state index < -0.39 is 22.0 Å². The van der Waals surface area contributed by atoms with E-state index in [1.807, 2.05) is 19.9 Å². The molecule has 10 heteroatoms. The number of anilines is 1. The highest BCUT2D eigenvalue weighted by molar-refractivity contribution is 7.92. The van der Waals surface area contributed by atoms with E-state index in [-0.39, 0.29) is 29.6 Å². The second-order valence-electron chi connectivity index (χ2n) is 7.91. The summed E-state index contributed by atoms with van der Waals surface area (Å²) in [5, 5.41) is 2.65. The van der Waals surface area contributed by atoms with Gasteiger partial charge < -0.3 is 10.1 Å². The third-order valence-corrected chi connectivity index (χ3v) is 7.03. The van der Waals surface area contributed by atoms with Crippen LogP contribution in [-0.4, -0.2) is 42.4 Å². The third kappa shape index (κ3) is 5.69. The van der Waals surface area contributed by atoms with Crippen LogP contribution in [0.5, 0.6) is 5.88 Å². The Hall–Kier alpha value is -3.53. The van der Waals surface area contributed by atoms with E-state index >= 15 is 0 Å². The number of aromatic nitrogens is 3. The molecule has 3 heterocycles. The number of rotatable bonds is 10. The van der Waals surface area contributed by atoms with Gasteiger partial charge in [-0.15, -0.1) is 0 Å². The van der Waals surface area contributed by atoms with Gasteiger partial charge in [0.25, 0.3) is 10.0 Å². The molecule has 0 aliphatic heterocycles. The first-order valence-corrected chi connectivity index (χ1v) is 12.4. The lowest BCUT2D eigenvalue weighted by atomic mass is 10.1. The topological polar surface area (TPSA) is 114 Å². The van der Waals surface area contributed by atoms with Gasteiger partial charge in [0.2, 0.25) is 11.8 Å². The van der Waals surface area contributed by atoms with Crippen molar-refractivity contribution in [3.63, 3.8) is 0 Å². The van der Waals surface area contributed by atoms with Crippen molar-refractivity contribution in [2.45, 2.75) is 50.7 Å². The van der Waals surface area contributed by atoms with Gasteiger partial charge in [0, 0.05) is 18.5 Å². The van der Waals surface area contributed by atoms with Gasteiger partial charge in [-0.3, -0.25) is 14.1 Å². The smallest absolute Gasteiger partial charge is 0.282 e. The monoisotopic (exact) mass is 483 g/mol. The molecule has 1 atom stereocenters. The average molecular weight is 484 g/mol. The first kappa shape index (κ1) is 25.1. The standard InChI is InChI=1S/C24H29N5O4S/c1-5-21(24(30)28-15-19-8-6-7-13-25-19)29(20-10-11-22(33-4)26-16-20)34(31,32)23-12-9-18(14-27-23)17(2)3/h6-14,16-17,21H,5,15H2,1-4H3,(H,28,30). The van der Waals surface area contributed by atoms with Gasteiger partial charge in [0.1, 0.15) is 6.04 Å². The summed E-state index contributed by atoms with van der Waals surface area (Å²) in [5.74, 6) is 0.0754. The first-order valence-electron chi connectivity index (χ1n) is 11.0. The number of pyridine rings is 3. The number of nitrogens with zero attached hydrogens (tertiary/aromatic N) is 4. The van der Waals surface area contributed by atoms with Crippen LogP contribution >= 0.6 is 0 Å². The highest BCUT2D eigenvalue weighted by Crippen LogP contribution is 2.28. The summed E-state index contributed by atoms with van der Waals surface area (Å²) in [6, 6.07) is 10.6. The Bertz CT molecular complexity index is 1180. The van der Waals surface area contributed by atoms with Gasteiger partial charge in [-0.25, -0.2) is 9.97 Å². The Labute approximate surface area is 200 Å². The van der Waals surface area contributed by atoms with Crippen LogP contribution < -0.4 is 14.4 Å². The van der Waals surface area contributed by atoms with E-state index in [4.69, 9.17) is 4.74 Å². The second-order valence-corrected chi connectivity index (χ2v) is 9.67. The van der Waals surface area contributed by atoms with Crippen molar-refractivity contribution in [1.29, 1.82) is 0 Å². The first-order chi connectivity index (χ1) is 16.3. The van der Waals surface area contributed by atoms with Crippen molar-refractivity contribution in [3.8, 4) is 5.88 Å². The lowest BCUT2D eigenvalue weighted by Crippen LogP contribution is -2.49. The molecule has 3 rings (SSSR count). The van der Waals surface area contributed by atoms with Crippen molar-refractivity contribution < 1.29 is 17.9 Å². The lowest BCUT2D eigenvalue weighted by molar-refractivity contribution is -0.122. The highest BCUT2D eigenvalue weighted by atomic mass is 32.2. The van der Waals surface area contributed by atoms with Gasteiger partial charge >= 0.3 is 0 Å². The molecule has 0 radical (unpaired) electrons. The molecule has 0 saturated heterocycles. The Kier molecular flexibility index (Phi) is 8.17. The Balaban J connectivity index is 1.99. The molecule has 0 fully saturated rings. The van der Waals surface area contributed by atoms with Crippen LogP contribution in [0.15, 0.2) is 66.1 Å². The van der Waals surface area contributed by atoms with E-state index in [2.05, 4.69) is 20.3 Å². The van der Waals surface area contributed by atoms with Gasteiger partial charge in [-0.05, 0) is 42.2 Å². The molecule has 3 aromatic rings. The number of hydrogen-bond donors (Lipinski definition) is 1. The van der Waals surface area contributed by atoms with Gasteiger partial charge in [-0.1, -0.05) is 32.9 Å². The van der Waals surface area contributed by atoms with E-state index in [0.29, 0.717) is 11.6 Å². The maximum Gasteiger partial charge on any atom is 0.282 e. The van der Waals surface area contributed by atoms with Crippen molar-refractivity contribution in [2.75, 3.05) is 11.4 Å². The minimum atomic E-state index is -4.19. The summed E-state index contributed by atoms with van der Waals surface area (Å²) < 4.78 is 33.7. The Morgan fingerprint density at radius 3 is 2.38 bits per heavy atom. The number of ether oxygens (including phenoxy) is 1. The summed E-state index contributed by atoms with van der Waals surface area (Å²) in [6.45, 7) is 5.92. The van der Waals surface area contributed by atoms with Gasteiger partial charge in [0.05, 0.1) is 31.2 Å². The van der Waals surface area contributed by atoms with Crippen molar-refractivity contribution in [1.82, 2.24) is 20.3 Å². The number of methoxy groups -OCH3 is 1. The van der Waals surface area contributed by atoms with E-state index in [1.165, 1.54) is 19.4 Å². The molecule has 0 bridgehead atoms. The molecule has 0 aliphatic rings. The number of carbonyl (C=O) groups is 1. The van der Waals surface area contributed by atoms with Crippen LogP contribution in [0.1, 0.15) is 44.4 Å². The predicted octanol–water partition coefficient (Wildman–Crippen LogP) is 3.29. The number of hydrogen-bond acceptors (Lipinski definition) is 7. The van der Waals surface area contributed by atoms with Crippen molar-refractivity contribution >= 4 is 21.6 Å². The molecule has 0 saturated carbocycles. The molecule has 0 spiro atoms. The number of amides is 1. The third-order valence-electron chi connectivity index (χ3n) is 5.28. The van der Waals surface area contributed by atoms with Crippen molar-refractivity contribution in [3.05, 3.63) is 72.3 Å². The van der Waals surface area contributed by atoms with Crippen LogP contribution in [0.25, 0.3) is 0 Å². The molecule has 0 aliphatic carbocycles. The van der Waals surface area contributed by atoms with Gasteiger partial charge in [-0.2, -0.15) is 8.42 Å². The molecule has 1 unspecified atom stereocenters. The molecule has 1 amide bonds. The van der Waals surface area contributed by atoms with E-state index in [0.717, 1.165) is 9.87 Å². The minimum Gasteiger partial charge on any atom is -0.481 e. The quantitative estimate of drug-likeness (QED) is 0.471. The number of sulfonamides is 1. The molecular formula is C24H29N5O4S. The number of carbonyl (C=O) groups excluding carboxylic acids is 1. The van der Waals surface area contributed by atoms with E-state index in [9.17, 15) is 13.2 Å². The van der Waals surface area contributed by atoms with Crippen LogP contribution in [-0.2, 0) is 21.4 Å². The fourth-order valence-electron chi connectivity index (χ4n) is 3.35. The summed E-state index contributed by atoms with van der Waals surface area (Å²) in [5.41, 5.74) is 1.81. The molecule has 180 valence electrons. The van der Waals surface area contributed by atoms with Crippen LogP contribution in [0.4, 0.5) is 5.69 Å². The predicted molar refractivity (Wildman–Crippen MR) is 129 cm³/mol. The largest absolute Gasteiger partial charge is 0.481 e. The normalized spacial score (nSPS) is 12.3. The van der Waals surface area contributed by atoms with Gasteiger partial charge in [0.15, 0.2) is 5.03 Å². The molecule has 9 nitrogen and oxygen atoms in total.